The Kier molecular flexibility index (Phi) is 5.10. The van der Waals surface area contributed by atoms with Gasteiger partial charge in [0.05, 0.1) is 6.54 Å². The van der Waals surface area contributed by atoms with Crippen LogP contribution in [0.25, 0.3) is 0 Å². The summed E-state index contributed by atoms with van der Waals surface area (Å²) in [6.07, 6.45) is 0. The minimum absolute atomic E-state index is 0.0231. The van der Waals surface area contributed by atoms with Crippen molar-refractivity contribution < 1.29 is 9.59 Å². The molecule has 0 saturated carbocycles. The second-order valence-corrected chi connectivity index (χ2v) is 2.05. The molecular weight excluding hydrogens is 146 g/mol. The smallest absolute Gasteiger partial charge is 0.239 e. The fourth-order valence-electron chi connectivity index (χ4n) is 0.479. The van der Waals surface area contributed by atoms with Crippen LogP contribution in [-0.2, 0) is 9.59 Å². The SMILES string of the molecule is CC(=O)NCC(=O)NCCN. The van der Waals surface area contributed by atoms with Gasteiger partial charge in [-0.1, -0.05) is 0 Å². The van der Waals surface area contributed by atoms with E-state index < -0.39 is 0 Å². The minimum atomic E-state index is -0.217. The Bertz CT molecular complexity index is 147. The first-order valence-corrected chi connectivity index (χ1v) is 3.38. The average molecular weight is 159 g/mol. The van der Waals surface area contributed by atoms with Gasteiger partial charge in [-0.25, -0.2) is 0 Å². The van der Waals surface area contributed by atoms with Crippen molar-refractivity contribution in [3.05, 3.63) is 0 Å². The van der Waals surface area contributed by atoms with E-state index in [0.29, 0.717) is 13.1 Å². The Morgan fingerprint density at radius 2 is 2.00 bits per heavy atom. The van der Waals surface area contributed by atoms with Crippen LogP contribution in [-0.4, -0.2) is 31.4 Å². The van der Waals surface area contributed by atoms with Crippen LogP contribution in [0.4, 0.5) is 0 Å². The molecule has 0 heterocycles. The number of hydrogen-bond donors (Lipinski definition) is 3. The van der Waals surface area contributed by atoms with E-state index >= 15 is 0 Å². The molecule has 4 N–H and O–H groups in total. The lowest BCUT2D eigenvalue weighted by molar-refractivity contribution is -0.124. The van der Waals surface area contributed by atoms with Gasteiger partial charge >= 0.3 is 0 Å². The van der Waals surface area contributed by atoms with E-state index in [1.807, 2.05) is 0 Å². The van der Waals surface area contributed by atoms with Crippen molar-refractivity contribution >= 4 is 11.8 Å². The van der Waals surface area contributed by atoms with Crippen LogP contribution >= 0.6 is 0 Å². The Balaban J connectivity index is 3.30. The molecule has 0 saturated heterocycles. The lowest BCUT2D eigenvalue weighted by Gasteiger charge is -2.02. The predicted octanol–water partition coefficient (Wildman–Crippen LogP) is -1.80. The lowest BCUT2D eigenvalue weighted by Crippen LogP contribution is -2.37. The van der Waals surface area contributed by atoms with Crippen LogP contribution < -0.4 is 16.4 Å². The van der Waals surface area contributed by atoms with Crippen LogP contribution in [0.2, 0.25) is 0 Å². The van der Waals surface area contributed by atoms with Crippen molar-refractivity contribution in [2.45, 2.75) is 6.92 Å². The molecule has 11 heavy (non-hydrogen) atoms. The monoisotopic (exact) mass is 159 g/mol. The molecule has 0 unspecified atom stereocenters. The van der Waals surface area contributed by atoms with Crippen molar-refractivity contribution in [1.29, 1.82) is 0 Å². The first-order chi connectivity index (χ1) is 5.16. The molecule has 0 aliphatic carbocycles. The van der Waals surface area contributed by atoms with Crippen LogP contribution in [0.5, 0.6) is 0 Å². The van der Waals surface area contributed by atoms with Gasteiger partial charge in [0.15, 0.2) is 0 Å². The van der Waals surface area contributed by atoms with Crippen molar-refractivity contribution in [2.24, 2.45) is 5.73 Å². The van der Waals surface area contributed by atoms with Gasteiger partial charge in [-0.2, -0.15) is 0 Å². The fraction of sp³-hybridized carbons (Fsp3) is 0.667. The Morgan fingerprint density at radius 1 is 1.36 bits per heavy atom. The number of nitrogens with one attached hydrogen (secondary N) is 2. The van der Waals surface area contributed by atoms with Gasteiger partial charge in [0.2, 0.25) is 11.8 Å². The van der Waals surface area contributed by atoms with Crippen LogP contribution in [0.3, 0.4) is 0 Å². The zero-order valence-corrected chi connectivity index (χ0v) is 6.52. The Morgan fingerprint density at radius 3 is 2.45 bits per heavy atom. The highest BCUT2D eigenvalue weighted by Gasteiger charge is 1.98. The molecule has 0 spiro atoms. The topological polar surface area (TPSA) is 84.2 Å². The summed E-state index contributed by atoms with van der Waals surface area (Å²) in [4.78, 5) is 21.0. The third-order valence-corrected chi connectivity index (χ3v) is 0.964. The summed E-state index contributed by atoms with van der Waals surface area (Å²) in [5, 5.41) is 4.87. The third-order valence-electron chi connectivity index (χ3n) is 0.964. The van der Waals surface area contributed by atoms with Crippen LogP contribution in [0.1, 0.15) is 6.92 Å². The second-order valence-electron chi connectivity index (χ2n) is 2.05. The van der Waals surface area contributed by atoms with Crippen molar-refractivity contribution in [3.8, 4) is 0 Å². The molecule has 0 aromatic heterocycles. The third kappa shape index (κ3) is 6.79. The number of hydrogen-bond acceptors (Lipinski definition) is 3. The van der Waals surface area contributed by atoms with Gasteiger partial charge in [0.1, 0.15) is 0 Å². The average Bonchev–Trinajstić information content (AvgIpc) is 1.97. The molecule has 0 atom stereocenters. The fourth-order valence-corrected chi connectivity index (χ4v) is 0.479. The van der Waals surface area contributed by atoms with Crippen LogP contribution in [0, 0.1) is 0 Å². The zero-order valence-electron chi connectivity index (χ0n) is 6.52. The summed E-state index contributed by atoms with van der Waals surface area (Å²) < 4.78 is 0. The van der Waals surface area contributed by atoms with E-state index in [1.165, 1.54) is 6.92 Å². The van der Waals surface area contributed by atoms with Crippen molar-refractivity contribution in [3.63, 3.8) is 0 Å². The molecule has 0 rings (SSSR count). The Labute approximate surface area is 65.3 Å². The van der Waals surface area contributed by atoms with Gasteiger partial charge in [-0.3, -0.25) is 9.59 Å². The number of nitrogens with two attached hydrogens (primary N) is 1. The molecule has 0 aromatic rings. The second kappa shape index (κ2) is 5.67. The number of amides is 2. The maximum absolute atomic E-state index is 10.7. The Hall–Kier alpha value is -1.10. The molecule has 0 aliphatic heterocycles. The molecule has 64 valence electrons. The highest BCUT2D eigenvalue weighted by molar-refractivity contribution is 5.83. The normalized spacial score (nSPS) is 8.91. The molecule has 2 amide bonds. The highest BCUT2D eigenvalue weighted by Crippen LogP contribution is 1.64. The van der Waals surface area contributed by atoms with E-state index in [4.69, 9.17) is 5.73 Å². The molecule has 5 heteroatoms. The van der Waals surface area contributed by atoms with Gasteiger partial charge in [-0.15, -0.1) is 0 Å². The first kappa shape index (κ1) is 9.90. The van der Waals surface area contributed by atoms with Gasteiger partial charge in [0.25, 0.3) is 0 Å². The van der Waals surface area contributed by atoms with E-state index in [-0.39, 0.29) is 18.4 Å². The van der Waals surface area contributed by atoms with Crippen molar-refractivity contribution in [1.82, 2.24) is 10.6 Å². The first-order valence-electron chi connectivity index (χ1n) is 3.38. The predicted molar refractivity (Wildman–Crippen MR) is 40.7 cm³/mol. The summed E-state index contributed by atoms with van der Waals surface area (Å²) in [5.41, 5.74) is 5.13. The molecule has 5 nitrogen and oxygen atoms in total. The molecule has 0 fully saturated rings. The highest BCUT2D eigenvalue weighted by atomic mass is 16.2. The molecule has 0 aliphatic rings. The molecule has 0 radical (unpaired) electrons. The largest absolute Gasteiger partial charge is 0.353 e. The van der Waals surface area contributed by atoms with Gasteiger partial charge in [-0.05, 0) is 0 Å². The summed E-state index contributed by atoms with van der Waals surface area (Å²) in [6.45, 7) is 2.23. The lowest BCUT2D eigenvalue weighted by atomic mass is 10.5. The molecule has 0 bridgehead atoms. The summed E-state index contributed by atoms with van der Waals surface area (Å²) >= 11 is 0. The minimum Gasteiger partial charge on any atom is -0.353 e. The quantitative estimate of drug-likeness (QED) is 0.452. The number of carbonyl (C=O) groups is 2. The summed E-state index contributed by atoms with van der Waals surface area (Å²) in [6, 6.07) is 0. The van der Waals surface area contributed by atoms with Crippen molar-refractivity contribution in [2.75, 3.05) is 19.6 Å². The van der Waals surface area contributed by atoms with Crippen LogP contribution in [0.15, 0.2) is 0 Å². The van der Waals surface area contributed by atoms with Gasteiger partial charge < -0.3 is 16.4 Å². The zero-order chi connectivity index (χ0) is 8.69. The molecule has 0 aromatic carbocycles. The molecular formula is C6H13N3O2. The summed E-state index contributed by atoms with van der Waals surface area (Å²) in [7, 11) is 0. The van der Waals surface area contributed by atoms with Gasteiger partial charge in [0, 0.05) is 20.0 Å². The van der Waals surface area contributed by atoms with E-state index in [9.17, 15) is 9.59 Å². The van der Waals surface area contributed by atoms with E-state index in [0.717, 1.165) is 0 Å². The maximum atomic E-state index is 10.7. The number of rotatable bonds is 4. The van der Waals surface area contributed by atoms with E-state index in [2.05, 4.69) is 10.6 Å². The number of carbonyl (C=O) groups excluding carboxylic acids is 2. The standard InChI is InChI=1S/C6H13N3O2/c1-5(10)9-4-6(11)8-3-2-7/h2-4,7H2,1H3,(H,8,11)(H,9,10). The van der Waals surface area contributed by atoms with E-state index in [1.54, 1.807) is 0 Å². The summed E-state index contributed by atoms with van der Waals surface area (Å²) in [5.74, 6) is -0.432. The maximum Gasteiger partial charge on any atom is 0.239 e.